The summed E-state index contributed by atoms with van der Waals surface area (Å²) in [4.78, 5) is 50.8. The van der Waals surface area contributed by atoms with E-state index in [1.54, 1.807) is 5.48 Å². The van der Waals surface area contributed by atoms with Crippen molar-refractivity contribution in [2.24, 2.45) is 5.73 Å². The Morgan fingerprint density at radius 1 is 1.34 bits per heavy atom. The highest BCUT2D eigenvalue weighted by Crippen LogP contribution is 2.35. The van der Waals surface area contributed by atoms with Crippen LogP contribution >= 0.6 is 0 Å². The number of aromatic nitrogens is 2. The van der Waals surface area contributed by atoms with Gasteiger partial charge in [-0.05, 0) is 13.0 Å². The number of aliphatic hydroxyl groups is 1. The van der Waals surface area contributed by atoms with Gasteiger partial charge in [0.2, 0.25) is 0 Å². The van der Waals surface area contributed by atoms with Gasteiger partial charge in [-0.1, -0.05) is 0 Å². The summed E-state index contributed by atoms with van der Waals surface area (Å²) in [6, 6.07) is -0.0640. The molecule has 0 aromatic carbocycles. The van der Waals surface area contributed by atoms with Crippen molar-refractivity contribution in [3.05, 3.63) is 22.7 Å². The van der Waals surface area contributed by atoms with Gasteiger partial charge < -0.3 is 29.8 Å². The van der Waals surface area contributed by atoms with E-state index in [1.165, 1.54) is 19.2 Å². The van der Waals surface area contributed by atoms with E-state index in [2.05, 4.69) is 4.98 Å². The van der Waals surface area contributed by atoms with Crippen molar-refractivity contribution in [3.63, 3.8) is 0 Å². The summed E-state index contributed by atoms with van der Waals surface area (Å²) in [5.74, 6) is -3.61. The number of esters is 3. The molecule has 1 aromatic rings. The van der Waals surface area contributed by atoms with Crippen LogP contribution in [0.4, 0.5) is 5.82 Å². The number of nitrogens with one attached hydrogen (secondary N) is 1. The van der Waals surface area contributed by atoms with Crippen LogP contribution in [0.25, 0.3) is 0 Å². The average Bonchev–Trinajstić information content (AvgIpc) is 3.02. The minimum absolute atomic E-state index is 0.134. The van der Waals surface area contributed by atoms with E-state index in [9.17, 15) is 24.3 Å². The van der Waals surface area contributed by atoms with Crippen molar-refractivity contribution < 1.29 is 43.6 Å². The molecule has 0 amide bonds. The SMILES string of the molecule is C[C@@H](O)[C@H](N)C(=O)OC[C@H]1O[C@@H](n2ccc(NO)nc2=O)[C@@H]2OC(=O)C(=O)O[C@@H]21. The molecule has 3 heterocycles. The number of carbonyl (C=O) groups excluding carboxylic acids is 3. The maximum absolute atomic E-state index is 12.2. The van der Waals surface area contributed by atoms with Crippen LogP contribution in [0, 0.1) is 0 Å². The third-order valence-corrected chi connectivity index (χ3v) is 4.34. The maximum Gasteiger partial charge on any atom is 0.418 e. The van der Waals surface area contributed by atoms with Gasteiger partial charge in [0.15, 0.2) is 24.3 Å². The van der Waals surface area contributed by atoms with E-state index >= 15 is 0 Å². The van der Waals surface area contributed by atoms with Gasteiger partial charge in [-0.15, -0.1) is 0 Å². The van der Waals surface area contributed by atoms with Gasteiger partial charge in [-0.25, -0.2) is 14.4 Å². The summed E-state index contributed by atoms with van der Waals surface area (Å²) in [6.07, 6.45) is -4.71. The molecule has 2 fully saturated rings. The zero-order valence-corrected chi connectivity index (χ0v) is 15.0. The molecule has 0 spiro atoms. The van der Waals surface area contributed by atoms with Crippen LogP contribution in [-0.2, 0) is 33.3 Å². The Labute approximate surface area is 162 Å². The average molecular weight is 414 g/mol. The lowest BCUT2D eigenvalue weighted by molar-refractivity contribution is -0.195. The van der Waals surface area contributed by atoms with Crippen LogP contribution in [0.15, 0.2) is 17.1 Å². The maximum atomic E-state index is 12.2. The van der Waals surface area contributed by atoms with E-state index in [0.29, 0.717) is 0 Å². The first-order valence-corrected chi connectivity index (χ1v) is 8.39. The zero-order valence-electron chi connectivity index (χ0n) is 15.0. The Bertz CT molecular complexity index is 871. The van der Waals surface area contributed by atoms with Crippen LogP contribution in [0.3, 0.4) is 0 Å². The number of hydrogen-bond acceptors (Lipinski definition) is 13. The molecule has 14 heteroatoms. The Hall–Kier alpha value is -3.07. The molecule has 0 unspecified atom stereocenters. The van der Waals surface area contributed by atoms with Crippen LogP contribution < -0.4 is 16.9 Å². The first kappa shape index (κ1) is 20.7. The molecule has 0 radical (unpaired) electrons. The largest absolute Gasteiger partial charge is 0.462 e. The molecule has 2 aliphatic heterocycles. The Balaban J connectivity index is 1.82. The molecule has 2 saturated heterocycles. The number of carbonyl (C=O) groups is 3. The zero-order chi connectivity index (χ0) is 21.3. The minimum Gasteiger partial charge on any atom is -0.462 e. The van der Waals surface area contributed by atoms with Gasteiger partial charge in [0.05, 0.1) is 6.10 Å². The third-order valence-electron chi connectivity index (χ3n) is 4.34. The fourth-order valence-corrected chi connectivity index (χ4v) is 2.80. The molecule has 14 nitrogen and oxygen atoms in total. The molecule has 29 heavy (non-hydrogen) atoms. The van der Waals surface area contributed by atoms with E-state index in [0.717, 1.165) is 4.57 Å². The number of ether oxygens (including phenoxy) is 4. The van der Waals surface area contributed by atoms with Crippen molar-refractivity contribution in [1.82, 2.24) is 9.55 Å². The quantitative estimate of drug-likeness (QED) is 0.159. The Kier molecular flexibility index (Phi) is 5.78. The highest BCUT2D eigenvalue weighted by molar-refractivity contribution is 6.30. The van der Waals surface area contributed by atoms with Crippen molar-refractivity contribution in [2.45, 2.75) is 43.6 Å². The van der Waals surface area contributed by atoms with Gasteiger partial charge in [-0.3, -0.25) is 20.0 Å². The smallest absolute Gasteiger partial charge is 0.418 e. The molecule has 0 saturated carbocycles. The standard InChI is InChI=1S/C15H18N4O10/c1-5(20)8(16)12(21)26-4-6-9-10(29-14(23)13(22)28-9)11(27-6)19-3-2-7(18-25)17-15(19)24/h2-3,5-6,8-11,20,25H,4,16H2,1H3,(H,17,18,24)/t5-,6-,8+,9-,10-,11-/m1/s1. The lowest BCUT2D eigenvalue weighted by atomic mass is 10.1. The van der Waals surface area contributed by atoms with Crippen LogP contribution in [0.1, 0.15) is 13.2 Å². The number of fused-ring (bicyclic) bond motifs is 1. The number of rotatable bonds is 6. The molecule has 6 atom stereocenters. The first-order valence-electron chi connectivity index (χ1n) is 8.39. The first-order chi connectivity index (χ1) is 13.7. The van der Waals surface area contributed by atoms with E-state index < -0.39 is 66.9 Å². The molecule has 0 bridgehead atoms. The number of nitrogens with two attached hydrogens (primary N) is 1. The van der Waals surface area contributed by atoms with Crippen molar-refractivity contribution in [2.75, 3.05) is 12.1 Å². The molecule has 0 aliphatic carbocycles. The molecule has 3 rings (SSSR count). The summed E-state index contributed by atoms with van der Waals surface area (Å²) >= 11 is 0. The highest BCUT2D eigenvalue weighted by Gasteiger charge is 2.55. The minimum atomic E-state index is -1.31. The van der Waals surface area contributed by atoms with Crippen LogP contribution in [0.5, 0.6) is 0 Å². The second-order valence-corrected chi connectivity index (χ2v) is 6.32. The lowest BCUT2D eigenvalue weighted by Crippen LogP contribution is -2.49. The second kappa shape index (κ2) is 8.12. The highest BCUT2D eigenvalue weighted by atomic mass is 16.7. The Morgan fingerprint density at radius 2 is 2.00 bits per heavy atom. The van der Waals surface area contributed by atoms with Crippen molar-refractivity contribution >= 4 is 23.7 Å². The number of anilines is 1. The number of hydrogen-bond donors (Lipinski definition) is 4. The topological polar surface area (TPSA) is 202 Å². The molecule has 1 aromatic heterocycles. The van der Waals surface area contributed by atoms with Gasteiger partial charge in [-0.2, -0.15) is 4.98 Å². The Morgan fingerprint density at radius 3 is 2.59 bits per heavy atom. The summed E-state index contributed by atoms with van der Waals surface area (Å²) in [6.45, 7) is 0.844. The molecular formula is C15H18N4O10. The van der Waals surface area contributed by atoms with E-state index in [1.807, 2.05) is 0 Å². The molecule has 2 aliphatic rings. The van der Waals surface area contributed by atoms with E-state index in [-0.39, 0.29) is 5.82 Å². The fourth-order valence-electron chi connectivity index (χ4n) is 2.80. The van der Waals surface area contributed by atoms with Gasteiger partial charge in [0.1, 0.15) is 18.8 Å². The van der Waals surface area contributed by atoms with Crippen molar-refractivity contribution in [1.29, 1.82) is 0 Å². The van der Waals surface area contributed by atoms with Crippen molar-refractivity contribution in [3.8, 4) is 0 Å². The summed E-state index contributed by atoms with van der Waals surface area (Å²) in [5, 5.41) is 18.2. The van der Waals surface area contributed by atoms with Crippen LogP contribution in [-0.4, -0.2) is 74.8 Å². The van der Waals surface area contributed by atoms with Gasteiger partial charge in [0, 0.05) is 6.20 Å². The number of nitrogens with zero attached hydrogens (tertiary/aromatic N) is 2. The van der Waals surface area contributed by atoms with Gasteiger partial charge in [0.25, 0.3) is 0 Å². The normalized spacial score (nSPS) is 28.0. The van der Waals surface area contributed by atoms with Gasteiger partial charge >= 0.3 is 23.6 Å². The molecule has 5 N–H and O–H groups in total. The third kappa shape index (κ3) is 4.04. The summed E-state index contributed by atoms with van der Waals surface area (Å²) in [5.41, 5.74) is 6.32. The van der Waals surface area contributed by atoms with E-state index in [4.69, 9.17) is 29.9 Å². The fraction of sp³-hybridized carbons (Fsp3) is 0.533. The second-order valence-electron chi connectivity index (χ2n) is 6.32. The lowest BCUT2D eigenvalue weighted by Gasteiger charge is -2.28. The summed E-state index contributed by atoms with van der Waals surface area (Å²) < 4.78 is 21.6. The molecule has 158 valence electrons. The predicted octanol–water partition coefficient (Wildman–Crippen LogP) is -2.97. The number of aliphatic hydroxyl groups excluding tert-OH is 1. The van der Waals surface area contributed by atoms with Crippen LogP contribution in [0.2, 0.25) is 0 Å². The summed E-state index contributed by atoms with van der Waals surface area (Å²) in [7, 11) is 0. The monoisotopic (exact) mass is 414 g/mol. The molecular weight excluding hydrogens is 396 g/mol. The predicted molar refractivity (Wildman–Crippen MR) is 88.2 cm³/mol.